The molecule has 0 radical (unpaired) electrons. The van der Waals surface area contributed by atoms with Crippen LogP contribution in [0.1, 0.15) is 47.0 Å². The van der Waals surface area contributed by atoms with Gasteiger partial charge in [-0.15, -0.1) is 0 Å². The lowest BCUT2D eigenvalue weighted by atomic mass is 9.80. The van der Waals surface area contributed by atoms with E-state index in [-0.39, 0.29) is 18.6 Å². The molecule has 1 saturated carbocycles. The highest BCUT2D eigenvalue weighted by Gasteiger charge is 2.29. The van der Waals surface area contributed by atoms with Crippen molar-refractivity contribution in [3.63, 3.8) is 0 Å². The van der Waals surface area contributed by atoms with E-state index in [1.54, 1.807) is 13.8 Å². The third-order valence-corrected chi connectivity index (χ3v) is 4.02. The Balaban J connectivity index is 2.37. The molecule has 1 aliphatic carbocycles. The lowest BCUT2D eigenvalue weighted by Crippen LogP contribution is -2.49. The minimum absolute atomic E-state index is 0.131. The zero-order valence-electron chi connectivity index (χ0n) is 12.3. The van der Waals surface area contributed by atoms with Gasteiger partial charge in [-0.25, -0.2) is 4.79 Å². The van der Waals surface area contributed by atoms with Crippen LogP contribution in [0.3, 0.4) is 0 Å². The highest BCUT2D eigenvalue weighted by atomic mass is 16.4. The summed E-state index contributed by atoms with van der Waals surface area (Å²) in [6.07, 6.45) is 3.26. The third kappa shape index (κ3) is 4.73. The van der Waals surface area contributed by atoms with E-state index >= 15 is 0 Å². The maximum Gasteiger partial charge on any atom is 0.315 e. The number of carboxylic acid groups (broad SMARTS) is 1. The van der Waals surface area contributed by atoms with Crippen LogP contribution in [0.4, 0.5) is 4.79 Å². The second-order valence-electron chi connectivity index (χ2n) is 6.52. The molecule has 19 heavy (non-hydrogen) atoms. The Bertz CT molecular complexity index is 342. The number of amides is 2. The van der Waals surface area contributed by atoms with Crippen LogP contribution < -0.4 is 10.6 Å². The van der Waals surface area contributed by atoms with Gasteiger partial charge < -0.3 is 15.7 Å². The topological polar surface area (TPSA) is 78.4 Å². The maximum absolute atomic E-state index is 11.8. The van der Waals surface area contributed by atoms with E-state index in [2.05, 4.69) is 24.5 Å². The molecule has 3 N–H and O–H groups in total. The Morgan fingerprint density at radius 2 is 1.89 bits per heavy atom. The Kier molecular flexibility index (Phi) is 5.20. The highest BCUT2D eigenvalue weighted by molar-refractivity contribution is 5.77. The van der Waals surface area contributed by atoms with Gasteiger partial charge >= 0.3 is 12.0 Å². The molecule has 0 aromatic heterocycles. The van der Waals surface area contributed by atoms with Crippen LogP contribution in [0.5, 0.6) is 0 Å². The lowest BCUT2D eigenvalue weighted by molar-refractivity contribution is -0.146. The van der Waals surface area contributed by atoms with Crippen LogP contribution in [-0.2, 0) is 4.79 Å². The predicted octanol–water partition coefficient (Wildman–Crippen LogP) is 2.22. The first kappa shape index (κ1) is 15.8. The molecule has 5 heteroatoms. The van der Waals surface area contributed by atoms with Crippen molar-refractivity contribution in [1.82, 2.24) is 10.6 Å². The number of carbonyl (C=O) groups is 2. The minimum atomic E-state index is -0.940. The van der Waals surface area contributed by atoms with E-state index in [0.717, 1.165) is 25.2 Å². The van der Waals surface area contributed by atoms with Gasteiger partial charge in [0.15, 0.2) is 0 Å². The molecule has 3 unspecified atom stereocenters. The van der Waals surface area contributed by atoms with E-state index in [9.17, 15) is 9.59 Å². The quantitative estimate of drug-likeness (QED) is 0.733. The first-order chi connectivity index (χ1) is 8.72. The first-order valence-electron chi connectivity index (χ1n) is 7.00. The summed E-state index contributed by atoms with van der Waals surface area (Å²) in [6, 6.07) is -0.0649. The fourth-order valence-electron chi connectivity index (χ4n) is 2.48. The van der Waals surface area contributed by atoms with E-state index in [0.29, 0.717) is 5.92 Å². The SMILES string of the molecule is CC1CCC(NC(=O)NCC(C)(C)C(=O)O)C(C)C1. The van der Waals surface area contributed by atoms with E-state index < -0.39 is 11.4 Å². The number of carboxylic acids is 1. The molecule has 0 bridgehead atoms. The second-order valence-corrected chi connectivity index (χ2v) is 6.52. The molecular formula is C14H26N2O3. The molecule has 3 atom stereocenters. The number of aliphatic carboxylic acids is 1. The summed E-state index contributed by atoms with van der Waals surface area (Å²) in [5.41, 5.74) is -0.940. The number of urea groups is 1. The average molecular weight is 270 g/mol. The van der Waals surface area contributed by atoms with Crippen molar-refractivity contribution >= 4 is 12.0 Å². The van der Waals surface area contributed by atoms with Crippen molar-refractivity contribution in [1.29, 1.82) is 0 Å². The summed E-state index contributed by atoms with van der Waals surface area (Å²) < 4.78 is 0. The van der Waals surface area contributed by atoms with Gasteiger partial charge in [0.1, 0.15) is 0 Å². The molecule has 0 aromatic rings. The number of hydrogen-bond acceptors (Lipinski definition) is 2. The number of nitrogens with one attached hydrogen (secondary N) is 2. The van der Waals surface area contributed by atoms with Crippen LogP contribution in [0.2, 0.25) is 0 Å². The largest absolute Gasteiger partial charge is 0.481 e. The normalized spacial score (nSPS) is 27.7. The second kappa shape index (κ2) is 6.26. The molecule has 0 aliphatic heterocycles. The van der Waals surface area contributed by atoms with Crippen molar-refractivity contribution in [2.75, 3.05) is 6.54 Å². The van der Waals surface area contributed by atoms with E-state index in [1.165, 1.54) is 0 Å². The highest BCUT2D eigenvalue weighted by Crippen LogP contribution is 2.28. The van der Waals surface area contributed by atoms with Crippen molar-refractivity contribution in [3.05, 3.63) is 0 Å². The summed E-state index contributed by atoms with van der Waals surface area (Å²) in [7, 11) is 0. The number of hydrogen-bond donors (Lipinski definition) is 3. The van der Waals surface area contributed by atoms with E-state index in [1.807, 2.05) is 0 Å². The Morgan fingerprint density at radius 3 is 2.42 bits per heavy atom. The van der Waals surface area contributed by atoms with Crippen molar-refractivity contribution in [3.8, 4) is 0 Å². The predicted molar refractivity (Wildman–Crippen MR) is 73.9 cm³/mol. The minimum Gasteiger partial charge on any atom is -0.481 e. The third-order valence-electron chi connectivity index (χ3n) is 4.02. The number of carbonyl (C=O) groups excluding carboxylic acids is 1. The fourth-order valence-corrected chi connectivity index (χ4v) is 2.48. The van der Waals surface area contributed by atoms with Crippen molar-refractivity contribution in [2.45, 2.75) is 53.0 Å². The van der Waals surface area contributed by atoms with Gasteiger partial charge in [0.25, 0.3) is 0 Å². The Hall–Kier alpha value is -1.26. The van der Waals surface area contributed by atoms with Gasteiger partial charge in [-0.1, -0.05) is 13.8 Å². The van der Waals surface area contributed by atoms with Gasteiger partial charge in [0.2, 0.25) is 0 Å². The van der Waals surface area contributed by atoms with Gasteiger partial charge in [-0.3, -0.25) is 4.79 Å². The van der Waals surface area contributed by atoms with Gasteiger partial charge in [0.05, 0.1) is 5.41 Å². The molecular weight excluding hydrogens is 244 g/mol. The standard InChI is InChI=1S/C14H26N2O3/c1-9-5-6-11(10(2)7-9)16-13(19)15-8-14(3,4)12(17)18/h9-11H,5-8H2,1-4H3,(H,17,18)(H2,15,16,19). The summed E-state index contributed by atoms with van der Waals surface area (Å²) >= 11 is 0. The molecule has 5 nitrogen and oxygen atoms in total. The molecule has 1 aliphatic rings. The first-order valence-corrected chi connectivity index (χ1v) is 7.00. The summed E-state index contributed by atoms with van der Waals surface area (Å²) in [5.74, 6) is 0.289. The molecule has 1 fully saturated rings. The zero-order valence-corrected chi connectivity index (χ0v) is 12.3. The Morgan fingerprint density at radius 1 is 1.26 bits per heavy atom. The monoisotopic (exact) mass is 270 g/mol. The molecule has 1 rings (SSSR count). The maximum atomic E-state index is 11.8. The van der Waals surface area contributed by atoms with Crippen molar-refractivity contribution < 1.29 is 14.7 Å². The summed E-state index contributed by atoms with van der Waals surface area (Å²) in [5, 5.41) is 14.6. The van der Waals surface area contributed by atoms with Crippen LogP contribution >= 0.6 is 0 Å². The average Bonchev–Trinajstić information content (AvgIpc) is 2.30. The van der Waals surface area contributed by atoms with E-state index in [4.69, 9.17) is 5.11 Å². The van der Waals surface area contributed by atoms with Crippen LogP contribution in [-0.4, -0.2) is 29.7 Å². The fraction of sp³-hybridized carbons (Fsp3) is 0.857. The molecule has 0 aromatic carbocycles. The van der Waals surface area contributed by atoms with Crippen molar-refractivity contribution in [2.24, 2.45) is 17.3 Å². The summed E-state index contributed by atoms with van der Waals surface area (Å²) in [6.45, 7) is 7.72. The molecule has 2 amide bonds. The Labute approximate surface area is 115 Å². The smallest absolute Gasteiger partial charge is 0.315 e. The van der Waals surface area contributed by atoms with Gasteiger partial charge in [0, 0.05) is 12.6 Å². The lowest BCUT2D eigenvalue weighted by Gasteiger charge is -2.33. The van der Waals surface area contributed by atoms with Crippen LogP contribution in [0.15, 0.2) is 0 Å². The number of rotatable bonds is 4. The van der Waals surface area contributed by atoms with Gasteiger partial charge in [-0.2, -0.15) is 0 Å². The summed E-state index contributed by atoms with van der Waals surface area (Å²) in [4.78, 5) is 22.7. The van der Waals surface area contributed by atoms with Crippen LogP contribution in [0.25, 0.3) is 0 Å². The van der Waals surface area contributed by atoms with Crippen LogP contribution in [0, 0.1) is 17.3 Å². The van der Waals surface area contributed by atoms with Gasteiger partial charge in [-0.05, 0) is 44.9 Å². The molecule has 0 heterocycles. The zero-order chi connectivity index (χ0) is 14.6. The molecule has 110 valence electrons. The molecule has 0 saturated heterocycles. The molecule has 0 spiro atoms.